The molecule has 2 rings (SSSR count). The lowest BCUT2D eigenvalue weighted by atomic mass is 10.1. The highest BCUT2D eigenvalue weighted by Crippen LogP contribution is 2.16. The molecule has 0 aliphatic rings. The van der Waals surface area contributed by atoms with Crippen molar-refractivity contribution in [1.29, 1.82) is 0 Å². The molecule has 0 saturated heterocycles. The van der Waals surface area contributed by atoms with Crippen LogP contribution in [0.2, 0.25) is 0 Å². The van der Waals surface area contributed by atoms with Crippen molar-refractivity contribution in [3.8, 4) is 5.75 Å². The van der Waals surface area contributed by atoms with Crippen molar-refractivity contribution in [2.45, 2.75) is 31.8 Å². The first-order chi connectivity index (χ1) is 12.8. The smallest absolute Gasteiger partial charge is 0.191 e. The van der Waals surface area contributed by atoms with Gasteiger partial charge in [0.25, 0.3) is 0 Å². The molecule has 0 saturated carbocycles. The van der Waals surface area contributed by atoms with Gasteiger partial charge in [0.05, 0.1) is 11.5 Å². The monoisotopic (exact) mass is 389 g/mol. The van der Waals surface area contributed by atoms with Crippen molar-refractivity contribution in [2.75, 3.05) is 19.9 Å². The molecule has 2 N–H and O–H groups in total. The Hall–Kier alpha value is -2.54. The van der Waals surface area contributed by atoms with E-state index < -0.39 is 9.84 Å². The maximum atomic E-state index is 11.7. The molecule has 0 aromatic heterocycles. The average Bonchev–Trinajstić information content (AvgIpc) is 2.61. The fourth-order valence-corrected chi connectivity index (χ4v) is 3.70. The number of sulfone groups is 1. The molecule has 0 fully saturated rings. The zero-order valence-corrected chi connectivity index (χ0v) is 17.1. The maximum absolute atomic E-state index is 11.7. The predicted octanol–water partition coefficient (Wildman–Crippen LogP) is 2.66. The van der Waals surface area contributed by atoms with Crippen LogP contribution in [-0.2, 0) is 22.9 Å². The van der Waals surface area contributed by atoms with Gasteiger partial charge in [-0.05, 0) is 48.7 Å². The van der Waals surface area contributed by atoms with Crippen molar-refractivity contribution < 1.29 is 13.2 Å². The molecule has 2 aromatic carbocycles. The minimum absolute atomic E-state index is 0.364. The number of rotatable bonds is 7. The van der Waals surface area contributed by atoms with E-state index in [-0.39, 0.29) is 0 Å². The van der Waals surface area contributed by atoms with Gasteiger partial charge in [-0.3, -0.25) is 4.99 Å². The van der Waals surface area contributed by atoms with Crippen LogP contribution in [-0.4, -0.2) is 34.3 Å². The molecule has 0 unspecified atom stereocenters. The van der Waals surface area contributed by atoms with Crippen molar-refractivity contribution in [3.63, 3.8) is 0 Å². The van der Waals surface area contributed by atoms with E-state index in [1.807, 2.05) is 43.3 Å². The molecule has 0 amide bonds. The number of aliphatic imine (C=N–C) groups is 1. The normalized spacial score (nSPS) is 11.9. The quantitative estimate of drug-likeness (QED) is 0.562. The Balaban J connectivity index is 1.94. The topological polar surface area (TPSA) is 79.8 Å². The average molecular weight is 390 g/mol. The van der Waals surface area contributed by atoms with Crippen LogP contribution in [0.4, 0.5) is 0 Å². The molecule has 0 atom stereocenters. The number of nitrogens with one attached hydrogen (secondary N) is 2. The molecule has 0 aliphatic heterocycles. The standard InChI is InChI=1S/C20H27N3O3S/c1-5-26-18-8-6-7-16(12-18)13-22-20(21-3)23-14-17-9-10-19(15(2)11-17)27(4,24)25/h6-12H,5,13-14H2,1-4H3,(H2,21,22,23). The lowest BCUT2D eigenvalue weighted by molar-refractivity contribution is 0.340. The van der Waals surface area contributed by atoms with Crippen LogP contribution in [0.15, 0.2) is 52.4 Å². The molecule has 2 aromatic rings. The number of benzene rings is 2. The van der Waals surface area contributed by atoms with Crippen LogP contribution in [0.25, 0.3) is 0 Å². The molecule has 27 heavy (non-hydrogen) atoms. The summed E-state index contributed by atoms with van der Waals surface area (Å²) in [5, 5.41) is 6.50. The van der Waals surface area contributed by atoms with Crippen LogP contribution in [0.1, 0.15) is 23.6 Å². The van der Waals surface area contributed by atoms with Gasteiger partial charge in [-0.2, -0.15) is 0 Å². The summed E-state index contributed by atoms with van der Waals surface area (Å²) in [7, 11) is -1.49. The lowest BCUT2D eigenvalue weighted by Gasteiger charge is -2.13. The second kappa shape index (κ2) is 9.41. The number of aryl methyl sites for hydroxylation is 1. The maximum Gasteiger partial charge on any atom is 0.191 e. The SMILES string of the molecule is CCOc1cccc(CNC(=NC)NCc2ccc(S(C)(=O)=O)c(C)c2)c1. The summed E-state index contributed by atoms with van der Waals surface area (Å²) in [6.45, 7) is 5.56. The van der Waals surface area contributed by atoms with E-state index in [9.17, 15) is 8.42 Å². The first kappa shape index (κ1) is 20.8. The van der Waals surface area contributed by atoms with E-state index in [0.717, 1.165) is 22.4 Å². The molecule has 0 radical (unpaired) electrons. The van der Waals surface area contributed by atoms with Gasteiger partial charge in [-0.25, -0.2) is 8.42 Å². The summed E-state index contributed by atoms with van der Waals surface area (Å²) in [5.74, 6) is 1.52. The molecule has 0 bridgehead atoms. The van der Waals surface area contributed by atoms with Gasteiger partial charge in [0.2, 0.25) is 0 Å². The van der Waals surface area contributed by atoms with E-state index in [0.29, 0.717) is 30.6 Å². The molecular formula is C20H27N3O3S. The van der Waals surface area contributed by atoms with Crippen LogP contribution >= 0.6 is 0 Å². The lowest BCUT2D eigenvalue weighted by Crippen LogP contribution is -2.36. The summed E-state index contributed by atoms with van der Waals surface area (Å²) in [4.78, 5) is 4.59. The van der Waals surface area contributed by atoms with E-state index in [4.69, 9.17) is 4.74 Å². The summed E-state index contributed by atoms with van der Waals surface area (Å²) in [6.07, 6.45) is 1.22. The van der Waals surface area contributed by atoms with Gasteiger partial charge >= 0.3 is 0 Å². The Morgan fingerprint density at radius 2 is 1.74 bits per heavy atom. The number of guanidine groups is 1. The van der Waals surface area contributed by atoms with Gasteiger partial charge < -0.3 is 15.4 Å². The number of hydrogen-bond donors (Lipinski definition) is 2. The van der Waals surface area contributed by atoms with Gasteiger partial charge in [-0.1, -0.05) is 24.3 Å². The summed E-state index contributed by atoms with van der Waals surface area (Å²) in [6, 6.07) is 13.3. The van der Waals surface area contributed by atoms with Crippen molar-refractivity contribution >= 4 is 15.8 Å². The number of nitrogens with zero attached hydrogens (tertiary/aromatic N) is 1. The van der Waals surface area contributed by atoms with Crippen molar-refractivity contribution in [1.82, 2.24) is 10.6 Å². The van der Waals surface area contributed by atoms with Gasteiger partial charge in [0.15, 0.2) is 15.8 Å². The van der Waals surface area contributed by atoms with Crippen molar-refractivity contribution in [2.24, 2.45) is 4.99 Å². The third-order valence-electron chi connectivity index (χ3n) is 3.99. The first-order valence-electron chi connectivity index (χ1n) is 8.79. The molecule has 0 aliphatic carbocycles. The Labute approximate surface area is 161 Å². The summed E-state index contributed by atoms with van der Waals surface area (Å²) < 4.78 is 28.9. The van der Waals surface area contributed by atoms with E-state index >= 15 is 0 Å². The van der Waals surface area contributed by atoms with Gasteiger partial charge in [0, 0.05) is 26.4 Å². The molecule has 0 spiro atoms. The summed E-state index contributed by atoms with van der Waals surface area (Å²) >= 11 is 0. The summed E-state index contributed by atoms with van der Waals surface area (Å²) in [5.41, 5.74) is 2.82. The Morgan fingerprint density at radius 3 is 2.30 bits per heavy atom. The molecule has 7 heteroatoms. The Morgan fingerprint density at radius 1 is 1.07 bits per heavy atom. The van der Waals surface area contributed by atoms with E-state index in [1.54, 1.807) is 20.0 Å². The fraction of sp³-hybridized carbons (Fsp3) is 0.350. The van der Waals surface area contributed by atoms with Crippen LogP contribution in [0.3, 0.4) is 0 Å². The highest BCUT2D eigenvalue weighted by Gasteiger charge is 2.11. The van der Waals surface area contributed by atoms with Gasteiger partial charge in [0.1, 0.15) is 5.75 Å². The highest BCUT2D eigenvalue weighted by molar-refractivity contribution is 7.90. The molecule has 0 heterocycles. The number of ether oxygens (including phenoxy) is 1. The third-order valence-corrected chi connectivity index (χ3v) is 5.25. The van der Waals surface area contributed by atoms with E-state index in [1.165, 1.54) is 6.26 Å². The highest BCUT2D eigenvalue weighted by atomic mass is 32.2. The largest absolute Gasteiger partial charge is 0.494 e. The Kier molecular flexibility index (Phi) is 7.24. The zero-order chi connectivity index (χ0) is 19.9. The minimum Gasteiger partial charge on any atom is -0.494 e. The molecule has 146 valence electrons. The third kappa shape index (κ3) is 6.29. The Bertz CT molecular complexity index is 908. The molecule has 6 nitrogen and oxygen atoms in total. The minimum atomic E-state index is -3.20. The second-order valence-electron chi connectivity index (χ2n) is 6.23. The van der Waals surface area contributed by atoms with Crippen LogP contribution < -0.4 is 15.4 Å². The predicted molar refractivity (Wildman–Crippen MR) is 109 cm³/mol. The number of hydrogen-bond acceptors (Lipinski definition) is 4. The second-order valence-corrected chi connectivity index (χ2v) is 8.22. The van der Waals surface area contributed by atoms with Crippen LogP contribution in [0, 0.1) is 6.92 Å². The fourth-order valence-electron chi connectivity index (χ4n) is 2.74. The first-order valence-corrected chi connectivity index (χ1v) is 10.7. The van der Waals surface area contributed by atoms with Crippen molar-refractivity contribution in [3.05, 3.63) is 59.2 Å². The molecular weight excluding hydrogens is 362 g/mol. The van der Waals surface area contributed by atoms with Crippen LogP contribution in [0.5, 0.6) is 5.75 Å². The zero-order valence-electron chi connectivity index (χ0n) is 16.2. The van der Waals surface area contributed by atoms with E-state index in [2.05, 4.69) is 15.6 Å². The van der Waals surface area contributed by atoms with Gasteiger partial charge in [-0.15, -0.1) is 0 Å².